The Hall–Kier alpha value is -1.42. The van der Waals surface area contributed by atoms with Gasteiger partial charge in [-0.1, -0.05) is 13.0 Å². The molecule has 1 aliphatic rings. The summed E-state index contributed by atoms with van der Waals surface area (Å²) in [6.45, 7) is 6.31. The molecule has 1 N–H and O–H groups in total. The largest absolute Gasteiger partial charge is 0.481 e. The van der Waals surface area contributed by atoms with Gasteiger partial charge in [0, 0.05) is 32.0 Å². The first-order valence-corrected chi connectivity index (χ1v) is 5.92. The first-order valence-electron chi connectivity index (χ1n) is 5.92. The van der Waals surface area contributed by atoms with Gasteiger partial charge in [-0.3, -0.25) is 14.7 Å². The molecular formula is C13H18N2O2. The van der Waals surface area contributed by atoms with E-state index in [1.165, 1.54) is 0 Å². The van der Waals surface area contributed by atoms with Crippen molar-refractivity contribution < 1.29 is 9.90 Å². The molecule has 1 aliphatic heterocycles. The molecule has 0 unspecified atom stereocenters. The van der Waals surface area contributed by atoms with Crippen LogP contribution in [0.1, 0.15) is 18.1 Å². The zero-order valence-electron chi connectivity index (χ0n) is 10.3. The Balaban J connectivity index is 2.00. The van der Waals surface area contributed by atoms with Crippen molar-refractivity contribution >= 4 is 5.97 Å². The van der Waals surface area contributed by atoms with E-state index in [1.807, 2.05) is 26.2 Å². The van der Waals surface area contributed by atoms with Gasteiger partial charge in [-0.05, 0) is 24.0 Å². The summed E-state index contributed by atoms with van der Waals surface area (Å²) in [5.74, 6) is -0.680. The lowest BCUT2D eigenvalue weighted by molar-refractivity contribution is -0.142. The van der Waals surface area contributed by atoms with Crippen LogP contribution in [0.4, 0.5) is 0 Å². The van der Waals surface area contributed by atoms with Crippen LogP contribution in [-0.4, -0.2) is 34.0 Å². The zero-order valence-corrected chi connectivity index (χ0v) is 10.3. The molecule has 0 aliphatic carbocycles. The number of pyridine rings is 1. The number of carbonyl (C=O) groups is 1. The van der Waals surface area contributed by atoms with Crippen molar-refractivity contribution in [3.8, 4) is 0 Å². The Morgan fingerprint density at radius 3 is 2.88 bits per heavy atom. The summed E-state index contributed by atoms with van der Waals surface area (Å²) >= 11 is 0. The molecule has 0 spiro atoms. The van der Waals surface area contributed by atoms with Gasteiger partial charge in [-0.25, -0.2) is 0 Å². The fraction of sp³-hybridized carbons (Fsp3) is 0.538. The molecule has 1 saturated heterocycles. The zero-order chi connectivity index (χ0) is 12.4. The van der Waals surface area contributed by atoms with Gasteiger partial charge < -0.3 is 5.11 Å². The highest BCUT2D eigenvalue weighted by Crippen LogP contribution is 2.24. The van der Waals surface area contributed by atoms with Gasteiger partial charge in [0.25, 0.3) is 0 Å². The number of aromatic nitrogens is 1. The summed E-state index contributed by atoms with van der Waals surface area (Å²) in [5, 5.41) is 9.07. The molecule has 2 rings (SSSR count). The summed E-state index contributed by atoms with van der Waals surface area (Å²) in [4.78, 5) is 17.4. The van der Waals surface area contributed by atoms with E-state index in [9.17, 15) is 4.79 Å². The minimum atomic E-state index is -0.678. The molecule has 4 heteroatoms. The SMILES string of the molecule is Cc1cncc(CN2C[C@@H](C)[C@H](C(=O)O)C2)c1. The number of carboxylic acid groups (broad SMARTS) is 1. The molecule has 1 fully saturated rings. The standard InChI is InChI=1S/C13H18N2O2/c1-9-3-11(5-14-4-9)7-15-6-10(2)12(8-15)13(16)17/h3-5,10,12H,6-8H2,1-2H3,(H,16,17)/t10-,12-/m1/s1. The van der Waals surface area contributed by atoms with Crippen LogP contribution in [0.25, 0.3) is 0 Å². The van der Waals surface area contributed by atoms with Crippen molar-refractivity contribution in [2.75, 3.05) is 13.1 Å². The normalized spacial score (nSPS) is 25.1. The average molecular weight is 234 g/mol. The summed E-state index contributed by atoms with van der Waals surface area (Å²) in [6.07, 6.45) is 3.68. The number of nitrogens with zero attached hydrogens (tertiary/aromatic N) is 2. The molecule has 0 aromatic carbocycles. The molecule has 0 amide bonds. The summed E-state index contributed by atoms with van der Waals surface area (Å²) in [6, 6.07) is 2.10. The Morgan fingerprint density at radius 2 is 2.29 bits per heavy atom. The second kappa shape index (κ2) is 4.84. The van der Waals surface area contributed by atoms with Crippen LogP contribution in [0, 0.1) is 18.8 Å². The molecule has 2 atom stereocenters. The predicted molar refractivity (Wildman–Crippen MR) is 64.5 cm³/mol. The first-order chi connectivity index (χ1) is 8.06. The number of aryl methyl sites for hydroxylation is 1. The number of hydrogen-bond acceptors (Lipinski definition) is 3. The van der Waals surface area contributed by atoms with Crippen LogP contribution in [0.2, 0.25) is 0 Å². The van der Waals surface area contributed by atoms with E-state index in [-0.39, 0.29) is 11.8 Å². The maximum atomic E-state index is 11.0. The van der Waals surface area contributed by atoms with E-state index >= 15 is 0 Å². The van der Waals surface area contributed by atoms with E-state index < -0.39 is 5.97 Å². The van der Waals surface area contributed by atoms with Crippen molar-refractivity contribution in [2.24, 2.45) is 11.8 Å². The Labute approximate surface area is 101 Å². The third-order valence-corrected chi connectivity index (χ3v) is 3.34. The minimum Gasteiger partial charge on any atom is -0.481 e. The van der Waals surface area contributed by atoms with Crippen molar-refractivity contribution in [3.63, 3.8) is 0 Å². The van der Waals surface area contributed by atoms with E-state index in [2.05, 4.69) is 16.0 Å². The predicted octanol–water partition coefficient (Wildman–Crippen LogP) is 1.54. The highest BCUT2D eigenvalue weighted by atomic mass is 16.4. The van der Waals surface area contributed by atoms with Crippen molar-refractivity contribution in [2.45, 2.75) is 20.4 Å². The third-order valence-electron chi connectivity index (χ3n) is 3.34. The molecule has 4 nitrogen and oxygen atoms in total. The summed E-state index contributed by atoms with van der Waals surface area (Å²) in [7, 11) is 0. The van der Waals surface area contributed by atoms with Gasteiger partial charge in [0.2, 0.25) is 0 Å². The monoisotopic (exact) mass is 234 g/mol. The molecule has 1 aromatic heterocycles. The molecule has 1 aromatic rings. The van der Waals surface area contributed by atoms with Gasteiger partial charge in [0.1, 0.15) is 0 Å². The second-order valence-electron chi connectivity index (χ2n) is 4.99. The number of carboxylic acids is 1. The van der Waals surface area contributed by atoms with Crippen LogP contribution in [0.3, 0.4) is 0 Å². The van der Waals surface area contributed by atoms with Crippen molar-refractivity contribution in [1.29, 1.82) is 0 Å². The molecular weight excluding hydrogens is 216 g/mol. The van der Waals surface area contributed by atoms with Gasteiger partial charge in [0.05, 0.1) is 5.92 Å². The summed E-state index contributed by atoms with van der Waals surface area (Å²) in [5.41, 5.74) is 2.30. The van der Waals surface area contributed by atoms with Gasteiger partial charge >= 0.3 is 5.97 Å². The molecule has 2 heterocycles. The van der Waals surface area contributed by atoms with E-state index in [1.54, 1.807) is 0 Å². The number of likely N-dealkylation sites (tertiary alicyclic amines) is 1. The van der Waals surface area contributed by atoms with Crippen LogP contribution < -0.4 is 0 Å². The Morgan fingerprint density at radius 1 is 1.53 bits per heavy atom. The second-order valence-corrected chi connectivity index (χ2v) is 4.99. The fourth-order valence-corrected chi connectivity index (χ4v) is 2.48. The Bertz CT molecular complexity index is 420. The maximum absolute atomic E-state index is 11.0. The smallest absolute Gasteiger partial charge is 0.308 e. The fourth-order valence-electron chi connectivity index (χ4n) is 2.48. The molecule has 0 radical (unpaired) electrons. The summed E-state index contributed by atoms with van der Waals surface area (Å²) < 4.78 is 0. The highest BCUT2D eigenvalue weighted by Gasteiger charge is 2.34. The highest BCUT2D eigenvalue weighted by molar-refractivity contribution is 5.71. The van der Waals surface area contributed by atoms with Crippen LogP contribution >= 0.6 is 0 Å². The van der Waals surface area contributed by atoms with Gasteiger partial charge in [-0.2, -0.15) is 0 Å². The van der Waals surface area contributed by atoms with Crippen molar-refractivity contribution in [3.05, 3.63) is 29.6 Å². The number of rotatable bonds is 3. The van der Waals surface area contributed by atoms with Crippen LogP contribution in [0.5, 0.6) is 0 Å². The van der Waals surface area contributed by atoms with Gasteiger partial charge in [0.15, 0.2) is 0 Å². The topological polar surface area (TPSA) is 53.4 Å². The van der Waals surface area contributed by atoms with Crippen molar-refractivity contribution in [1.82, 2.24) is 9.88 Å². The minimum absolute atomic E-state index is 0.227. The molecule has 0 saturated carbocycles. The van der Waals surface area contributed by atoms with E-state index in [4.69, 9.17) is 5.11 Å². The van der Waals surface area contributed by atoms with E-state index in [0.717, 1.165) is 24.2 Å². The van der Waals surface area contributed by atoms with Gasteiger partial charge in [-0.15, -0.1) is 0 Å². The molecule has 17 heavy (non-hydrogen) atoms. The number of aliphatic carboxylic acids is 1. The van der Waals surface area contributed by atoms with E-state index in [0.29, 0.717) is 6.54 Å². The van der Waals surface area contributed by atoms with Crippen LogP contribution in [-0.2, 0) is 11.3 Å². The molecule has 0 bridgehead atoms. The average Bonchev–Trinajstić information content (AvgIpc) is 2.59. The first kappa shape index (κ1) is 12.0. The maximum Gasteiger partial charge on any atom is 0.308 e. The third kappa shape index (κ3) is 2.82. The lowest BCUT2D eigenvalue weighted by atomic mass is 9.99. The number of hydrogen-bond donors (Lipinski definition) is 1. The quantitative estimate of drug-likeness (QED) is 0.862. The van der Waals surface area contributed by atoms with Crippen LogP contribution in [0.15, 0.2) is 18.5 Å². The lowest BCUT2D eigenvalue weighted by Gasteiger charge is -2.15. The lowest BCUT2D eigenvalue weighted by Crippen LogP contribution is -2.23. The Kier molecular flexibility index (Phi) is 3.43. The molecule has 92 valence electrons.